The van der Waals surface area contributed by atoms with Crippen LogP contribution in [0, 0.1) is 0 Å². The fraction of sp³-hybridized carbons (Fsp3) is 0.375. The maximum Gasteiger partial charge on any atom is 0.276 e. The third-order valence-electron chi connectivity index (χ3n) is 4.16. The monoisotopic (exact) mass is 350 g/mol. The molecule has 3 rings (SSSR count). The lowest BCUT2D eigenvalue weighted by Crippen LogP contribution is -2.37. The summed E-state index contributed by atoms with van der Waals surface area (Å²) in [7, 11) is 0.106. The number of aromatic nitrogens is 1. The molecule has 1 atom stereocenters. The van der Waals surface area contributed by atoms with Crippen molar-refractivity contribution in [1.82, 2.24) is 10.1 Å². The van der Waals surface area contributed by atoms with Crippen LogP contribution in [0.15, 0.2) is 34.9 Å². The van der Waals surface area contributed by atoms with Gasteiger partial charge in [-0.3, -0.25) is 4.79 Å². The number of methoxy groups -OCH3 is 1. The highest BCUT2D eigenvalue weighted by atomic mass is 32.2. The Hall–Kier alpha value is -2.35. The zero-order valence-corrected chi connectivity index (χ0v) is 14.2. The lowest BCUT2D eigenvalue weighted by molar-refractivity contribution is 0.0737. The van der Waals surface area contributed by atoms with Crippen LogP contribution >= 0.6 is 0 Å². The van der Waals surface area contributed by atoms with Crippen LogP contribution in [-0.4, -0.2) is 56.1 Å². The van der Waals surface area contributed by atoms with Crippen molar-refractivity contribution in [2.24, 2.45) is 0 Å². The number of carbonyl (C=O) groups excluding carboxylic acids is 1. The number of sulfone groups is 1. The van der Waals surface area contributed by atoms with Gasteiger partial charge in [-0.25, -0.2) is 8.42 Å². The Morgan fingerprint density at radius 3 is 2.83 bits per heavy atom. The summed E-state index contributed by atoms with van der Waals surface area (Å²) in [5.74, 6) is 0.878. The molecule has 0 radical (unpaired) electrons. The average molecular weight is 350 g/mol. The predicted octanol–water partition coefficient (Wildman–Crippen LogP) is 1.61. The van der Waals surface area contributed by atoms with Crippen molar-refractivity contribution < 1.29 is 22.5 Å². The summed E-state index contributed by atoms with van der Waals surface area (Å²) in [6.45, 7) is 0. The van der Waals surface area contributed by atoms with E-state index in [1.54, 1.807) is 32.4 Å². The van der Waals surface area contributed by atoms with E-state index in [1.165, 1.54) is 4.90 Å². The molecule has 2 heterocycles. The minimum absolute atomic E-state index is 0.00413. The van der Waals surface area contributed by atoms with Gasteiger partial charge in [0.2, 0.25) is 0 Å². The molecule has 1 amide bonds. The number of carbonyl (C=O) groups is 1. The number of hydrogen-bond donors (Lipinski definition) is 0. The largest absolute Gasteiger partial charge is 0.497 e. The van der Waals surface area contributed by atoms with Crippen molar-refractivity contribution in [3.05, 3.63) is 36.0 Å². The van der Waals surface area contributed by atoms with Crippen molar-refractivity contribution in [2.75, 3.05) is 25.7 Å². The van der Waals surface area contributed by atoms with Gasteiger partial charge < -0.3 is 14.2 Å². The van der Waals surface area contributed by atoms with Crippen LogP contribution in [0.25, 0.3) is 11.3 Å². The summed E-state index contributed by atoms with van der Waals surface area (Å²) >= 11 is 0. The highest BCUT2D eigenvalue weighted by Gasteiger charge is 2.33. The normalized spacial score (nSPS) is 19.2. The van der Waals surface area contributed by atoms with Gasteiger partial charge in [-0.05, 0) is 18.6 Å². The minimum atomic E-state index is -3.05. The molecule has 8 heteroatoms. The third kappa shape index (κ3) is 3.28. The van der Waals surface area contributed by atoms with E-state index in [9.17, 15) is 13.2 Å². The predicted molar refractivity (Wildman–Crippen MR) is 87.6 cm³/mol. The summed E-state index contributed by atoms with van der Waals surface area (Å²) in [6.07, 6.45) is 0.450. The van der Waals surface area contributed by atoms with E-state index in [0.717, 1.165) is 5.56 Å². The summed E-state index contributed by atoms with van der Waals surface area (Å²) in [5.41, 5.74) is 0.895. The van der Waals surface area contributed by atoms with Gasteiger partial charge in [-0.15, -0.1) is 0 Å². The van der Waals surface area contributed by atoms with E-state index < -0.39 is 9.84 Å². The molecule has 1 aliphatic rings. The fourth-order valence-electron chi connectivity index (χ4n) is 2.72. The first kappa shape index (κ1) is 16.5. The number of rotatable bonds is 4. The molecule has 1 saturated heterocycles. The first-order valence-electron chi connectivity index (χ1n) is 7.48. The van der Waals surface area contributed by atoms with Crippen molar-refractivity contribution in [2.45, 2.75) is 12.5 Å². The summed E-state index contributed by atoms with van der Waals surface area (Å²) in [6, 6.07) is 8.46. The number of benzene rings is 1. The Bertz CT molecular complexity index is 859. The van der Waals surface area contributed by atoms with Crippen molar-refractivity contribution in [1.29, 1.82) is 0 Å². The molecule has 2 aromatic rings. The number of hydrogen-bond acceptors (Lipinski definition) is 6. The van der Waals surface area contributed by atoms with Crippen LogP contribution in [0.5, 0.6) is 5.75 Å². The smallest absolute Gasteiger partial charge is 0.276 e. The molecule has 0 spiro atoms. The zero-order valence-electron chi connectivity index (χ0n) is 13.4. The van der Waals surface area contributed by atoms with E-state index in [-0.39, 0.29) is 29.1 Å². The minimum Gasteiger partial charge on any atom is -0.497 e. The van der Waals surface area contributed by atoms with E-state index in [0.29, 0.717) is 17.9 Å². The number of amides is 1. The van der Waals surface area contributed by atoms with Crippen molar-refractivity contribution >= 4 is 15.7 Å². The topological polar surface area (TPSA) is 89.7 Å². The quantitative estimate of drug-likeness (QED) is 0.832. The second-order valence-electron chi connectivity index (χ2n) is 5.78. The van der Waals surface area contributed by atoms with E-state index >= 15 is 0 Å². The Labute approximate surface area is 140 Å². The molecule has 1 unspecified atom stereocenters. The summed E-state index contributed by atoms with van der Waals surface area (Å²) in [4.78, 5) is 13.9. The van der Waals surface area contributed by atoms with Crippen LogP contribution in [0.1, 0.15) is 16.9 Å². The van der Waals surface area contributed by atoms with Gasteiger partial charge in [0, 0.05) is 24.7 Å². The first-order chi connectivity index (χ1) is 11.4. The molecule has 0 aliphatic carbocycles. The molecular weight excluding hydrogens is 332 g/mol. The molecule has 7 nitrogen and oxygen atoms in total. The molecule has 1 aliphatic heterocycles. The van der Waals surface area contributed by atoms with Gasteiger partial charge in [0.05, 0.1) is 18.6 Å². The van der Waals surface area contributed by atoms with Gasteiger partial charge in [0.15, 0.2) is 21.3 Å². The summed E-state index contributed by atoms with van der Waals surface area (Å²) < 4.78 is 33.6. The van der Waals surface area contributed by atoms with Crippen LogP contribution in [0.4, 0.5) is 0 Å². The van der Waals surface area contributed by atoms with E-state index in [4.69, 9.17) is 9.26 Å². The van der Waals surface area contributed by atoms with Crippen molar-refractivity contribution in [3.8, 4) is 17.1 Å². The fourth-order valence-corrected chi connectivity index (χ4v) is 4.49. The van der Waals surface area contributed by atoms with Crippen LogP contribution in [0.3, 0.4) is 0 Å². The molecular formula is C16H18N2O5S. The Morgan fingerprint density at radius 2 is 2.17 bits per heavy atom. The number of nitrogens with zero attached hydrogens (tertiary/aromatic N) is 2. The molecule has 24 heavy (non-hydrogen) atoms. The van der Waals surface area contributed by atoms with Gasteiger partial charge in [0.1, 0.15) is 5.75 Å². The highest BCUT2D eigenvalue weighted by molar-refractivity contribution is 7.91. The molecule has 1 aromatic carbocycles. The number of ether oxygens (including phenoxy) is 1. The van der Waals surface area contributed by atoms with Crippen LogP contribution in [-0.2, 0) is 9.84 Å². The van der Waals surface area contributed by atoms with E-state index in [1.807, 2.05) is 12.1 Å². The molecule has 0 bridgehead atoms. The Balaban J connectivity index is 1.78. The Morgan fingerprint density at radius 1 is 1.38 bits per heavy atom. The molecule has 128 valence electrons. The maximum atomic E-state index is 12.5. The van der Waals surface area contributed by atoms with Crippen molar-refractivity contribution in [3.63, 3.8) is 0 Å². The molecule has 0 saturated carbocycles. The average Bonchev–Trinajstić information content (AvgIpc) is 3.20. The molecule has 0 N–H and O–H groups in total. The molecule has 1 fully saturated rings. The first-order valence-corrected chi connectivity index (χ1v) is 9.30. The van der Waals surface area contributed by atoms with Crippen LogP contribution in [0.2, 0.25) is 0 Å². The second kappa shape index (κ2) is 6.27. The van der Waals surface area contributed by atoms with Gasteiger partial charge in [-0.1, -0.05) is 17.3 Å². The van der Waals surface area contributed by atoms with E-state index in [2.05, 4.69) is 5.16 Å². The van der Waals surface area contributed by atoms with Gasteiger partial charge in [0.25, 0.3) is 5.91 Å². The standard InChI is InChI=1S/C16H18N2O5S/c1-18(12-6-7-24(20,21)10-12)16(19)14-9-15(23-17-14)11-4-3-5-13(8-11)22-2/h3-5,8-9,12H,6-7,10H2,1-2H3. The third-order valence-corrected chi connectivity index (χ3v) is 5.91. The van der Waals surface area contributed by atoms with Gasteiger partial charge in [-0.2, -0.15) is 0 Å². The lowest BCUT2D eigenvalue weighted by atomic mass is 10.1. The highest BCUT2D eigenvalue weighted by Crippen LogP contribution is 2.25. The van der Waals surface area contributed by atoms with Gasteiger partial charge >= 0.3 is 0 Å². The SMILES string of the molecule is COc1cccc(-c2cc(C(=O)N(C)C3CCS(=O)(=O)C3)no2)c1. The molecule has 1 aromatic heterocycles. The zero-order chi connectivity index (χ0) is 17.3. The Kier molecular flexibility index (Phi) is 4.31. The van der Waals surface area contributed by atoms with Crippen LogP contribution < -0.4 is 4.74 Å². The maximum absolute atomic E-state index is 12.5. The summed E-state index contributed by atoms with van der Waals surface area (Å²) in [5, 5.41) is 3.82. The lowest BCUT2D eigenvalue weighted by Gasteiger charge is -2.21. The second-order valence-corrected chi connectivity index (χ2v) is 8.01.